The number of aliphatic imine (C=N–C) groups is 2. The minimum atomic E-state index is 0.144. The Labute approximate surface area is 268 Å². The van der Waals surface area contributed by atoms with Crippen LogP contribution in [0.2, 0.25) is 0 Å². The first kappa shape index (κ1) is 38.8. The van der Waals surface area contributed by atoms with Crippen molar-refractivity contribution in [1.82, 2.24) is 0 Å². The minimum Gasteiger partial charge on any atom is -0.286 e. The second-order valence-electron chi connectivity index (χ2n) is 14.2. The molecule has 1 aliphatic rings. The molecular weight excluding hydrogens is 520 g/mol. The number of hydrogen-bond acceptors (Lipinski definition) is 2. The van der Waals surface area contributed by atoms with E-state index in [1.54, 1.807) is 0 Å². The van der Waals surface area contributed by atoms with Gasteiger partial charge in [-0.2, -0.15) is 0 Å². The van der Waals surface area contributed by atoms with Crippen molar-refractivity contribution >= 4 is 11.4 Å². The van der Waals surface area contributed by atoms with Crippen LogP contribution in [0.1, 0.15) is 154 Å². The second-order valence-corrected chi connectivity index (χ2v) is 14.2. The van der Waals surface area contributed by atoms with Gasteiger partial charge < -0.3 is 0 Å². The summed E-state index contributed by atoms with van der Waals surface area (Å²) in [6.45, 7) is 30.0. The highest BCUT2D eigenvalue weighted by Gasteiger charge is 2.29. The van der Waals surface area contributed by atoms with E-state index in [0.717, 1.165) is 24.3 Å². The molecule has 0 aromatic heterocycles. The van der Waals surface area contributed by atoms with E-state index in [1.807, 2.05) is 14.1 Å². The first-order valence-corrected chi connectivity index (χ1v) is 17.3. The third-order valence-electron chi connectivity index (χ3n) is 9.61. The van der Waals surface area contributed by atoms with Gasteiger partial charge in [-0.1, -0.05) is 110 Å². The van der Waals surface area contributed by atoms with Crippen LogP contribution in [-0.4, -0.2) is 25.5 Å². The van der Waals surface area contributed by atoms with Crippen LogP contribution < -0.4 is 0 Å². The maximum atomic E-state index is 4.92. The first-order chi connectivity index (χ1) is 20.2. The lowest BCUT2D eigenvalue weighted by atomic mass is 9.77. The molecule has 242 valence electrons. The Kier molecular flexibility index (Phi) is 16.7. The quantitative estimate of drug-likeness (QED) is 0.103. The lowest BCUT2D eigenvalue weighted by molar-refractivity contribution is 0.496. The summed E-state index contributed by atoms with van der Waals surface area (Å²) in [5.41, 5.74) is 15.9. The Morgan fingerprint density at radius 1 is 0.651 bits per heavy atom. The number of rotatable bonds is 15. The van der Waals surface area contributed by atoms with Crippen molar-refractivity contribution in [3.05, 3.63) is 67.9 Å². The van der Waals surface area contributed by atoms with E-state index in [-0.39, 0.29) is 5.41 Å². The van der Waals surface area contributed by atoms with Crippen molar-refractivity contribution in [2.24, 2.45) is 21.3 Å². The monoisotopic (exact) mass is 589 g/mol. The summed E-state index contributed by atoms with van der Waals surface area (Å²) in [6, 6.07) is 0. The second kappa shape index (κ2) is 18.6. The number of nitrogens with zero attached hydrogens (tertiary/aromatic N) is 2. The van der Waals surface area contributed by atoms with Gasteiger partial charge in [-0.05, 0) is 112 Å². The summed E-state index contributed by atoms with van der Waals surface area (Å²) in [5, 5.41) is 0. The van der Waals surface area contributed by atoms with Gasteiger partial charge >= 0.3 is 0 Å². The Hall–Kier alpha value is -2.22. The largest absolute Gasteiger partial charge is 0.286 e. The van der Waals surface area contributed by atoms with Crippen LogP contribution in [0.3, 0.4) is 0 Å². The van der Waals surface area contributed by atoms with Crippen molar-refractivity contribution in [2.75, 3.05) is 14.1 Å². The van der Waals surface area contributed by atoms with Crippen LogP contribution in [-0.2, 0) is 0 Å². The molecule has 0 unspecified atom stereocenters. The maximum absolute atomic E-state index is 4.92. The van der Waals surface area contributed by atoms with Crippen LogP contribution in [0.15, 0.2) is 77.9 Å². The topological polar surface area (TPSA) is 24.7 Å². The smallest absolute Gasteiger partial charge is 0.0906 e. The highest BCUT2D eigenvalue weighted by atomic mass is 14.8. The molecule has 2 heteroatoms. The van der Waals surface area contributed by atoms with Crippen molar-refractivity contribution < 1.29 is 0 Å². The molecule has 2 nitrogen and oxygen atoms in total. The fourth-order valence-corrected chi connectivity index (χ4v) is 6.12. The van der Waals surface area contributed by atoms with Gasteiger partial charge in [0.1, 0.15) is 0 Å². The Bertz CT molecular complexity index is 1190. The zero-order chi connectivity index (χ0) is 32.9. The average molecular weight is 589 g/mol. The minimum absolute atomic E-state index is 0.144. The summed E-state index contributed by atoms with van der Waals surface area (Å²) >= 11 is 0. The van der Waals surface area contributed by atoms with Crippen LogP contribution in [0.25, 0.3) is 0 Å². The fraction of sp³-hybridized carbons (Fsp3) is 0.659. The van der Waals surface area contributed by atoms with Crippen molar-refractivity contribution in [3.63, 3.8) is 0 Å². The molecule has 0 fully saturated rings. The third-order valence-corrected chi connectivity index (χ3v) is 9.61. The SMILES string of the molecule is CCCCCCC(/C=C(\C)C1=C(C)C(C)=C(/C(C)=C/C(CCCCCC)=C(\C)C(C)(C)C)C(=NC)C1=NC)=C(/C)C(C)C. The summed E-state index contributed by atoms with van der Waals surface area (Å²) < 4.78 is 0. The molecule has 0 radical (unpaired) electrons. The molecule has 0 bridgehead atoms. The summed E-state index contributed by atoms with van der Waals surface area (Å²) in [5.74, 6) is 0.542. The van der Waals surface area contributed by atoms with Crippen molar-refractivity contribution in [2.45, 2.75) is 154 Å². The molecule has 0 aliphatic heterocycles. The van der Waals surface area contributed by atoms with Crippen LogP contribution in [0.4, 0.5) is 0 Å². The van der Waals surface area contributed by atoms with Crippen LogP contribution >= 0.6 is 0 Å². The lowest BCUT2D eigenvalue weighted by Crippen LogP contribution is -2.27. The highest BCUT2D eigenvalue weighted by molar-refractivity contribution is 6.56. The Balaban J connectivity index is 3.82. The molecule has 0 heterocycles. The molecule has 0 atom stereocenters. The van der Waals surface area contributed by atoms with Gasteiger partial charge in [-0.3, -0.25) is 9.98 Å². The average Bonchev–Trinajstić information content (AvgIpc) is 2.95. The Morgan fingerprint density at radius 2 is 1.05 bits per heavy atom. The predicted molar refractivity (Wildman–Crippen MR) is 197 cm³/mol. The van der Waals surface area contributed by atoms with Gasteiger partial charge in [0.25, 0.3) is 0 Å². The Morgan fingerprint density at radius 3 is 1.40 bits per heavy atom. The van der Waals surface area contributed by atoms with E-state index in [9.17, 15) is 0 Å². The van der Waals surface area contributed by atoms with Gasteiger partial charge in [-0.15, -0.1) is 0 Å². The molecule has 0 aromatic carbocycles. The summed E-state index contributed by atoms with van der Waals surface area (Å²) in [6.07, 6.45) is 17.4. The molecule has 0 spiro atoms. The predicted octanol–water partition coefficient (Wildman–Crippen LogP) is 12.9. The van der Waals surface area contributed by atoms with Crippen LogP contribution in [0.5, 0.6) is 0 Å². The fourth-order valence-electron chi connectivity index (χ4n) is 6.12. The normalized spacial score (nSPS) is 18.8. The van der Waals surface area contributed by atoms with Gasteiger partial charge in [0.05, 0.1) is 11.4 Å². The first-order valence-electron chi connectivity index (χ1n) is 17.3. The van der Waals surface area contributed by atoms with Gasteiger partial charge in [-0.25, -0.2) is 0 Å². The molecule has 0 amide bonds. The van der Waals surface area contributed by atoms with Crippen molar-refractivity contribution in [1.29, 1.82) is 0 Å². The van der Waals surface area contributed by atoms with Gasteiger partial charge in [0, 0.05) is 25.2 Å². The van der Waals surface area contributed by atoms with Gasteiger partial charge in [0.15, 0.2) is 0 Å². The molecule has 1 rings (SSSR count). The highest BCUT2D eigenvalue weighted by Crippen LogP contribution is 2.37. The maximum Gasteiger partial charge on any atom is 0.0906 e. The number of allylic oxidation sites excluding steroid dienone is 12. The molecule has 0 saturated carbocycles. The van der Waals surface area contributed by atoms with E-state index in [2.05, 4.69) is 102 Å². The number of hydrogen-bond donors (Lipinski definition) is 0. The summed E-state index contributed by atoms with van der Waals surface area (Å²) in [7, 11) is 3.87. The zero-order valence-corrected chi connectivity index (χ0v) is 31.2. The van der Waals surface area contributed by atoms with E-state index in [4.69, 9.17) is 9.98 Å². The van der Waals surface area contributed by atoms with E-state index in [0.29, 0.717) is 5.92 Å². The van der Waals surface area contributed by atoms with E-state index >= 15 is 0 Å². The van der Waals surface area contributed by atoms with Crippen molar-refractivity contribution in [3.8, 4) is 0 Å². The lowest BCUT2D eigenvalue weighted by Gasteiger charge is -2.28. The molecule has 0 saturated heterocycles. The third kappa shape index (κ3) is 11.0. The standard InChI is InChI=1S/C41H68N2/c1-16-18-20-22-24-35(31(7)28(3)4)26-29(5)37-32(8)33(9)38(40(43-15)39(37)42-14)30(6)27-36(25-23-21-19-17-2)34(10)41(11,12)13/h26-28H,16-25H2,1-15H3/b29-26+,30-27+,35-31+,36-34+,42-39?,43-40?. The molecular formula is C41H68N2. The summed E-state index contributed by atoms with van der Waals surface area (Å²) in [4.78, 5) is 9.83. The van der Waals surface area contributed by atoms with Crippen LogP contribution in [0, 0.1) is 11.3 Å². The van der Waals surface area contributed by atoms with Gasteiger partial charge in [0.2, 0.25) is 0 Å². The van der Waals surface area contributed by atoms with E-state index < -0.39 is 0 Å². The number of unbranched alkanes of at least 4 members (excludes halogenated alkanes) is 6. The molecule has 0 N–H and O–H groups in total. The van der Waals surface area contributed by atoms with E-state index in [1.165, 1.54) is 107 Å². The zero-order valence-electron chi connectivity index (χ0n) is 31.2. The molecule has 43 heavy (non-hydrogen) atoms. The molecule has 1 aliphatic carbocycles. The molecule has 0 aromatic rings.